The SMILES string of the molecule is N#Cc1ccc(-c2cc(CC3CC(C(N)=O)CCO3)cc3c2CN(C#N)C3)cc1. The number of rotatable bonds is 4. The molecule has 29 heavy (non-hydrogen) atoms. The van der Waals surface area contributed by atoms with E-state index in [1.165, 1.54) is 0 Å². The predicted molar refractivity (Wildman–Crippen MR) is 107 cm³/mol. The van der Waals surface area contributed by atoms with Crippen LogP contribution in [-0.4, -0.2) is 23.5 Å². The average Bonchev–Trinajstić information content (AvgIpc) is 3.16. The molecule has 4 rings (SSSR count). The van der Waals surface area contributed by atoms with Gasteiger partial charge in [-0.15, -0.1) is 0 Å². The van der Waals surface area contributed by atoms with Gasteiger partial charge in [0.2, 0.25) is 5.91 Å². The van der Waals surface area contributed by atoms with Gasteiger partial charge in [-0.25, -0.2) is 0 Å². The van der Waals surface area contributed by atoms with Crippen molar-refractivity contribution >= 4 is 5.91 Å². The number of nitrogens with zero attached hydrogens (tertiary/aromatic N) is 3. The number of primary amides is 1. The van der Waals surface area contributed by atoms with Crippen molar-refractivity contribution in [3.63, 3.8) is 0 Å². The van der Waals surface area contributed by atoms with Gasteiger partial charge in [-0.3, -0.25) is 4.79 Å². The highest BCUT2D eigenvalue weighted by molar-refractivity contribution is 5.76. The van der Waals surface area contributed by atoms with E-state index in [1.807, 2.05) is 24.3 Å². The summed E-state index contributed by atoms with van der Waals surface area (Å²) in [6, 6.07) is 14.0. The van der Waals surface area contributed by atoms with Crippen LogP contribution in [0.2, 0.25) is 0 Å². The smallest absolute Gasteiger partial charge is 0.220 e. The summed E-state index contributed by atoms with van der Waals surface area (Å²) in [5.41, 5.74) is 11.7. The van der Waals surface area contributed by atoms with Crippen LogP contribution in [-0.2, 0) is 29.0 Å². The van der Waals surface area contributed by atoms with Gasteiger partial charge in [0.1, 0.15) is 0 Å². The van der Waals surface area contributed by atoms with Crippen molar-refractivity contribution in [2.45, 2.75) is 38.5 Å². The lowest BCUT2D eigenvalue weighted by Gasteiger charge is -2.28. The summed E-state index contributed by atoms with van der Waals surface area (Å²) in [6.45, 7) is 1.73. The first-order valence-electron chi connectivity index (χ1n) is 9.78. The minimum atomic E-state index is -0.254. The Balaban J connectivity index is 1.66. The molecule has 2 N–H and O–H groups in total. The van der Waals surface area contributed by atoms with Gasteiger partial charge in [0, 0.05) is 12.5 Å². The monoisotopic (exact) mass is 386 g/mol. The first kappa shape index (κ1) is 19.0. The maximum absolute atomic E-state index is 11.6. The summed E-state index contributed by atoms with van der Waals surface area (Å²) in [5.74, 6) is -0.384. The molecule has 0 aliphatic carbocycles. The van der Waals surface area contributed by atoms with E-state index in [4.69, 9.17) is 15.7 Å². The van der Waals surface area contributed by atoms with Crippen LogP contribution in [0.1, 0.15) is 35.1 Å². The Kier molecular flexibility index (Phi) is 5.20. The molecule has 2 aromatic rings. The largest absolute Gasteiger partial charge is 0.378 e. The van der Waals surface area contributed by atoms with Crippen molar-refractivity contribution in [3.8, 4) is 23.4 Å². The zero-order valence-corrected chi connectivity index (χ0v) is 16.1. The molecule has 2 heterocycles. The van der Waals surface area contributed by atoms with Crippen LogP contribution < -0.4 is 5.73 Å². The van der Waals surface area contributed by atoms with Crippen molar-refractivity contribution < 1.29 is 9.53 Å². The minimum absolute atomic E-state index is 0.0402. The van der Waals surface area contributed by atoms with E-state index in [0.29, 0.717) is 44.5 Å². The fourth-order valence-electron chi connectivity index (χ4n) is 4.29. The quantitative estimate of drug-likeness (QED) is 0.814. The Bertz CT molecular complexity index is 1020. The van der Waals surface area contributed by atoms with Crippen LogP contribution in [0.15, 0.2) is 36.4 Å². The van der Waals surface area contributed by atoms with Crippen molar-refractivity contribution in [1.29, 1.82) is 10.5 Å². The summed E-state index contributed by atoms with van der Waals surface area (Å²) < 4.78 is 5.89. The third kappa shape index (κ3) is 3.94. The molecular formula is C23H22N4O2. The van der Waals surface area contributed by atoms with Crippen LogP contribution in [0.25, 0.3) is 11.1 Å². The van der Waals surface area contributed by atoms with Gasteiger partial charge in [-0.2, -0.15) is 10.5 Å². The van der Waals surface area contributed by atoms with Crippen LogP contribution in [0.5, 0.6) is 0 Å². The summed E-state index contributed by atoms with van der Waals surface area (Å²) >= 11 is 0. The second-order valence-electron chi connectivity index (χ2n) is 7.75. The molecule has 6 nitrogen and oxygen atoms in total. The number of fused-ring (bicyclic) bond motifs is 1. The highest BCUT2D eigenvalue weighted by Gasteiger charge is 2.28. The number of benzene rings is 2. The van der Waals surface area contributed by atoms with Gasteiger partial charge in [-0.05, 0) is 59.2 Å². The lowest BCUT2D eigenvalue weighted by molar-refractivity contribution is -0.126. The van der Waals surface area contributed by atoms with E-state index in [9.17, 15) is 10.1 Å². The highest BCUT2D eigenvalue weighted by atomic mass is 16.5. The lowest BCUT2D eigenvalue weighted by atomic mass is 9.89. The van der Waals surface area contributed by atoms with Gasteiger partial charge in [0.15, 0.2) is 6.19 Å². The summed E-state index contributed by atoms with van der Waals surface area (Å²) in [4.78, 5) is 13.3. The van der Waals surface area contributed by atoms with Crippen molar-refractivity contribution in [2.24, 2.45) is 11.7 Å². The van der Waals surface area contributed by atoms with E-state index in [-0.39, 0.29) is 17.9 Å². The van der Waals surface area contributed by atoms with Crippen LogP contribution in [0.4, 0.5) is 0 Å². The van der Waals surface area contributed by atoms with Gasteiger partial charge in [0.25, 0.3) is 0 Å². The summed E-state index contributed by atoms with van der Waals surface area (Å²) in [5, 5.41) is 18.4. The van der Waals surface area contributed by atoms with E-state index >= 15 is 0 Å². The van der Waals surface area contributed by atoms with E-state index in [2.05, 4.69) is 24.4 Å². The highest BCUT2D eigenvalue weighted by Crippen LogP contribution is 2.35. The molecule has 146 valence electrons. The topological polar surface area (TPSA) is 103 Å². The molecule has 2 aromatic carbocycles. The van der Waals surface area contributed by atoms with Gasteiger partial charge in [-0.1, -0.05) is 24.3 Å². The van der Waals surface area contributed by atoms with Crippen LogP contribution in [0, 0.1) is 28.7 Å². The normalized spacial score (nSPS) is 20.6. The molecule has 0 bridgehead atoms. The number of carbonyl (C=O) groups excluding carboxylic acids is 1. The molecule has 0 spiro atoms. The second kappa shape index (κ2) is 7.95. The number of amides is 1. The predicted octanol–water partition coefficient (Wildman–Crippen LogP) is 2.84. The molecular weight excluding hydrogens is 364 g/mol. The van der Waals surface area contributed by atoms with Gasteiger partial charge < -0.3 is 15.4 Å². The number of nitrogens with two attached hydrogens (primary N) is 1. The minimum Gasteiger partial charge on any atom is -0.378 e. The molecule has 1 fully saturated rings. The standard InChI is InChI=1S/C23H22N4O2/c24-11-15-1-3-17(4-2-15)21-9-16(7-19-12-27(14-25)13-22(19)21)8-20-10-18(23(26)28)5-6-29-20/h1-4,7,9,18,20H,5-6,8,10,12-13H2,(H2,26,28). The second-order valence-corrected chi connectivity index (χ2v) is 7.75. The molecule has 2 atom stereocenters. The molecule has 0 radical (unpaired) electrons. The molecule has 0 saturated carbocycles. The Hall–Kier alpha value is -3.35. The third-order valence-corrected chi connectivity index (χ3v) is 5.81. The number of ether oxygens (including phenoxy) is 1. The fourth-order valence-corrected chi connectivity index (χ4v) is 4.29. The van der Waals surface area contributed by atoms with Crippen molar-refractivity contribution in [2.75, 3.05) is 6.61 Å². The Morgan fingerprint density at radius 3 is 2.69 bits per heavy atom. The van der Waals surface area contributed by atoms with E-state index in [1.54, 1.807) is 4.90 Å². The summed E-state index contributed by atoms with van der Waals surface area (Å²) in [7, 11) is 0. The zero-order chi connectivity index (χ0) is 20.4. The molecule has 2 aliphatic heterocycles. The molecule has 2 unspecified atom stereocenters. The Morgan fingerprint density at radius 2 is 2.00 bits per heavy atom. The van der Waals surface area contributed by atoms with Crippen LogP contribution in [0.3, 0.4) is 0 Å². The molecule has 0 aromatic heterocycles. The number of carbonyl (C=O) groups is 1. The summed E-state index contributed by atoms with van der Waals surface area (Å²) in [6.07, 6.45) is 4.23. The fraction of sp³-hybridized carbons (Fsp3) is 0.348. The molecule has 6 heteroatoms. The van der Waals surface area contributed by atoms with Crippen LogP contribution >= 0.6 is 0 Å². The Labute approximate surface area is 170 Å². The lowest BCUT2D eigenvalue weighted by Crippen LogP contribution is -2.34. The number of nitriles is 2. The first-order valence-corrected chi connectivity index (χ1v) is 9.78. The number of hydrogen-bond acceptors (Lipinski definition) is 5. The molecule has 1 amide bonds. The van der Waals surface area contributed by atoms with Crippen molar-refractivity contribution in [1.82, 2.24) is 4.90 Å². The molecule has 1 saturated heterocycles. The third-order valence-electron chi connectivity index (χ3n) is 5.81. The van der Waals surface area contributed by atoms with Gasteiger partial charge in [0.05, 0.1) is 30.8 Å². The maximum Gasteiger partial charge on any atom is 0.220 e. The zero-order valence-electron chi connectivity index (χ0n) is 16.1. The number of hydrogen-bond donors (Lipinski definition) is 1. The van der Waals surface area contributed by atoms with Gasteiger partial charge >= 0.3 is 0 Å². The Morgan fingerprint density at radius 1 is 1.21 bits per heavy atom. The van der Waals surface area contributed by atoms with E-state index in [0.717, 1.165) is 27.8 Å². The molecule has 2 aliphatic rings. The first-order chi connectivity index (χ1) is 14.1. The van der Waals surface area contributed by atoms with E-state index < -0.39 is 0 Å². The van der Waals surface area contributed by atoms with Crippen molar-refractivity contribution in [3.05, 3.63) is 58.7 Å². The maximum atomic E-state index is 11.6. The average molecular weight is 386 g/mol.